The molecule has 0 aromatic carbocycles. The van der Waals surface area contributed by atoms with Crippen LogP contribution in [-0.2, 0) is 4.79 Å². The molecule has 0 saturated heterocycles. The molecule has 1 atom stereocenters. The van der Waals surface area contributed by atoms with E-state index in [1.165, 1.54) is 0 Å². The van der Waals surface area contributed by atoms with Gasteiger partial charge in [-0.15, -0.1) is 0 Å². The average Bonchev–Trinajstić information content (AvgIpc) is 1.60. The average molecular weight is 129 g/mol. The first kappa shape index (κ1) is 6.55. The summed E-state index contributed by atoms with van der Waals surface area (Å²) in [6.07, 6.45) is 2.13. The van der Waals surface area contributed by atoms with Crippen molar-refractivity contribution in [3.05, 3.63) is 0 Å². The zero-order chi connectivity index (χ0) is 6.85. The van der Waals surface area contributed by atoms with Crippen LogP contribution in [0.15, 0.2) is 0 Å². The molecule has 9 heavy (non-hydrogen) atoms. The maximum absolute atomic E-state index is 10.3. The van der Waals surface area contributed by atoms with Crippen LogP contribution >= 0.6 is 0 Å². The van der Waals surface area contributed by atoms with Gasteiger partial charge in [-0.3, -0.25) is 4.79 Å². The van der Waals surface area contributed by atoms with E-state index < -0.39 is 12.0 Å². The van der Waals surface area contributed by atoms with E-state index >= 15 is 0 Å². The van der Waals surface area contributed by atoms with Crippen molar-refractivity contribution in [1.82, 2.24) is 0 Å². The van der Waals surface area contributed by atoms with Crippen LogP contribution in [0.2, 0.25) is 0 Å². The van der Waals surface area contributed by atoms with Gasteiger partial charge < -0.3 is 10.8 Å². The minimum atomic E-state index is -0.890. The Hall–Kier alpha value is -0.570. The molecule has 1 aliphatic carbocycles. The summed E-state index contributed by atoms with van der Waals surface area (Å²) in [5, 5.41) is 8.97. The maximum Gasteiger partial charge on any atom is 0.246 e. The van der Waals surface area contributed by atoms with Crippen molar-refractivity contribution >= 4 is 5.91 Å². The lowest BCUT2D eigenvalue weighted by molar-refractivity contribution is -0.130. The fraction of sp³-hybridized carbons (Fsp3) is 0.833. The first-order chi connectivity index (χ1) is 4.22. The van der Waals surface area contributed by atoms with E-state index in [1.54, 1.807) is 0 Å². The SMILES string of the molecule is NC(=O)C(O)C1CCC1. The normalized spacial score (nSPS) is 22.8. The van der Waals surface area contributed by atoms with Crippen LogP contribution in [0, 0.1) is 5.92 Å². The predicted octanol–water partition coefficient (Wildman–Crippen LogP) is -0.367. The van der Waals surface area contributed by atoms with E-state index in [-0.39, 0.29) is 5.92 Å². The van der Waals surface area contributed by atoms with Gasteiger partial charge in [0.25, 0.3) is 0 Å². The molecule has 0 bridgehead atoms. The summed E-state index contributed by atoms with van der Waals surface area (Å²) in [6.45, 7) is 0. The standard InChI is InChI=1S/C6H11NO2/c7-6(9)5(8)4-2-1-3-4/h4-5,8H,1-3H2,(H2,7,9). The molecule has 0 radical (unpaired) electrons. The van der Waals surface area contributed by atoms with Crippen molar-refractivity contribution < 1.29 is 9.90 Å². The largest absolute Gasteiger partial charge is 0.383 e. The Labute approximate surface area is 53.9 Å². The Bertz CT molecular complexity index is 120. The van der Waals surface area contributed by atoms with Gasteiger partial charge >= 0.3 is 0 Å². The Kier molecular flexibility index (Phi) is 1.71. The molecule has 0 aliphatic heterocycles. The minimum Gasteiger partial charge on any atom is -0.383 e. The number of hydrogen-bond donors (Lipinski definition) is 2. The molecule has 3 nitrogen and oxygen atoms in total. The number of rotatable bonds is 2. The first-order valence-corrected chi connectivity index (χ1v) is 3.19. The lowest BCUT2D eigenvalue weighted by atomic mass is 9.81. The van der Waals surface area contributed by atoms with Crippen molar-refractivity contribution in [2.45, 2.75) is 25.4 Å². The monoisotopic (exact) mass is 129 g/mol. The van der Waals surface area contributed by atoms with Gasteiger partial charge in [0.15, 0.2) is 0 Å². The fourth-order valence-electron chi connectivity index (χ4n) is 0.988. The summed E-state index contributed by atoms with van der Waals surface area (Å²) >= 11 is 0. The topological polar surface area (TPSA) is 63.3 Å². The molecule has 1 amide bonds. The van der Waals surface area contributed by atoms with Crippen LogP contribution in [0.1, 0.15) is 19.3 Å². The van der Waals surface area contributed by atoms with Gasteiger partial charge in [-0.2, -0.15) is 0 Å². The number of nitrogens with two attached hydrogens (primary N) is 1. The van der Waals surface area contributed by atoms with Crippen LogP contribution in [0.5, 0.6) is 0 Å². The van der Waals surface area contributed by atoms with E-state index in [9.17, 15) is 4.79 Å². The van der Waals surface area contributed by atoms with Crippen LogP contribution in [-0.4, -0.2) is 17.1 Å². The van der Waals surface area contributed by atoms with Crippen molar-refractivity contribution in [3.8, 4) is 0 Å². The van der Waals surface area contributed by atoms with Crippen LogP contribution in [0.3, 0.4) is 0 Å². The van der Waals surface area contributed by atoms with E-state index in [1.807, 2.05) is 0 Å². The van der Waals surface area contributed by atoms with Crippen molar-refractivity contribution in [3.63, 3.8) is 0 Å². The van der Waals surface area contributed by atoms with E-state index in [2.05, 4.69) is 0 Å². The van der Waals surface area contributed by atoms with E-state index in [0.717, 1.165) is 19.3 Å². The Balaban J connectivity index is 2.32. The zero-order valence-corrected chi connectivity index (χ0v) is 5.21. The summed E-state index contributed by atoms with van der Waals surface area (Å²) in [7, 11) is 0. The lowest BCUT2D eigenvalue weighted by Crippen LogP contribution is -2.38. The molecule has 1 saturated carbocycles. The molecular weight excluding hydrogens is 118 g/mol. The number of aliphatic hydroxyl groups excluding tert-OH is 1. The smallest absolute Gasteiger partial charge is 0.246 e. The van der Waals surface area contributed by atoms with E-state index in [0.29, 0.717) is 0 Å². The molecule has 3 N–H and O–H groups in total. The zero-order valence-electron chi connectivity index (χ0n) is 5.21. The summed E-state index contributed by atoms with van der Waals surface area (Å²) in [5.41, 5.74) is 4.86. The first-order valence-electron chi connectivity index (χ1n) is 3.19. The third-order valence-corrected chi connectivity index (χ3v) is 1.89. The summed E-state index contributed by atoms with van der Waals surface area (Å²) in [4.78, 5) is 10.3. The molecule has 3 heteroatoms. The van der Waals surface area contributed by atoms with Gasteiger partial charge in [0.2, 0.25) is 5.91 Å². The number of carbonyl (C=O) groups is 1. The predicted molar refractivity (Wildman–Crippen MR) is 32.5 cm³/mol. The van der Waals surface area contributed by atoms with Gasteiger partial charge in [-0.05, 0) is 18.8 Å². The Morgan fingerprint density at radius 2 is 2.22 bits per heavy atom. The highest BCUT2D eigenvalue weighted by Gasteiger charge is 2.28. The second-order valence-electron chi connectivity index (χ2n) is 2.54. The van der Waals surface area contributed by atoms with Gasteiger partial charge in [0.05, 0.1) is 0 Å². The van der Waals surface area contributed by atoms with Gasteiger partial charge in [0.1, 0.15) is 6.10 Å². The second kappa shape index (κ2) is 2.35. The van der Waals surface area contributed by atoms with Crippen molar-refractivity contribution in [1.29, 1.82) is 0 Å². The number of amides is 1. The third-order valence-electron chi connectivity index (χ3n) is 1.89. The van der Waals surface area contributed by atoms with E-state index in [4.69, 9.17) is 10.8 Å². The number of aliphatic hydroxyl groups is 1. The molecule has 0 heterocycles. The quantitative estimate of drug-likeness (QED) is 0.534. The fourth-order valence-corrected chi connectivity index (χ4v) is 0.988. The molecule has 1 fully saturated rings. The molecule has 1 aliphatic rings. The van der Waals surface area contributed by atoms with Gasteiger partial charge in [-0.25, -0.2) is 0 Å². The highest BCUT2D eigenvalue weighted by atomic mass is 16.3. The number of primary amides is 1. The summed E-state index contributed by atoms with van der Waals surface area (Å²) in [5.74, 6) is -0.429. The maximum atomic E-state index is 10.3. The number of hydrogen-bond acceptors (Lipinski definition) is 2. The lowest BCUT2D eigenvalue weighted by Gasteiger charge is -2.27. The highest BCUT2D eigenvalue weighted by Crippen LogP contribution is 2.29. The van der Waals surface area contributed by atoms with Crippen molar-refractivity contribution in [2.75, 3.05) is 0 Å². The molecular formula is C6H11NO2. The molecule has 0 spiro atoms. The van der Waals surface area contributed by atoms with Crippen molar-refractivity contribution in [2.24, 2.45) is 11.7 Å². The molecule has 52 valence electrons. The van der Waals surface area contributed by atoms with Crippen LogP contribution in [0.4, 0.5) is 0 Å². The van der Waals surface area contributed by atoms with Gasteiger partial charge in [0, 0.05) is 0 Å². The third kappa shape index (κ3) is 1.21. The van der Waals surface area contributed by atoms with Crippen LogP contribution in [0.25, 0.3) is 0 Å². The minimum absolute atomic E-state index is 0.155. The molecule has 1 rings (SSSR count). The number of carbonyl (C=O) groups excluding carboxylic acids is 1. The molecule has 0 aromatic heterocycles. The molecule has 1 unspecified atom stereocenters. The second-order valence-corrected chi connectivity index (χ2v) is 2.54. The summed E-state index contributed by atoms with van der Waals surface area (Å²) in [6, 6.07) is 0. The highest BCUT2D eigenvalue weighted by molar-refractivity contribution is 5.78. The molecule has 0 aromatic rings. The summed E-state index contributed by atoms with van der Waals surface area (Å²) < 4.78 is 0. The Morgan fingerprint density at radius 1 is 1.67 bits per heavy atom. The van der Waals surface area contributed by atoms with Crippen LogP contribution < -0.4 is 5.73 Å². The Morgan fingerprint density at radius 3 is 2.33 bits per heavy atom. The van der Waals surface area contributed by atoms with Gasteiger partial charge in [-0.1, -0.05) is 6.42 Å².